The number of piperazine rings is 1. The highest BCUT2D eigenvalue weighted by Gasteiger charge is 2.29. The van der Waals surface area contributed by atoms with E-state index >= 15 is 0 Å². The third kappa shape index (κ3) is 4.69. The zero-order valence-corrected chi connectivity index (χ0v) is 16.6. The van der Waals surface area contributed by atoms with Crippen molar-refractivity contribution in [1.29, 1.82) is 0 Å². The molecule has 0 aliphatic carbocycles. The van der Waals surface area contributed by atoms with Gasteiger partial charge in [0.05, 0.1) is 6.20 Å². The van der Waals surface area contributed by atoms with Gasteiger partial charge in [-0.2, -0.15) is 5.10 Å². The predicted octanol–water partition coefficient (Wildman–Crippen LogP) is 0.739. The van der Waals surface area contributed by atoms with Crippen LogP contribution in [-0.2, 0) is 16.6 Å². The van der Waals surface area contributed by atoms with Crippen LogP contribution >= 0.6 is 0 Å². The Balaban J connectivity index is 1.49. The maximum atomic E-state index is 12.9. The number of nitrogens with zero attached hydrogens (tertiary/aromatic N) is 4. The van der Waals surface area contributed by atoms with Crippen molar-refractivity contribution in [3.63, 3.8) is 0 Å². The van der Waals surface area contributed by atoms with Gasteiger partial charge in [0.25, 0.3) is 5.91 Å². The van der Waals surface area contributed by atoms with Gasteiger partial charge in [-0.1, -0.05) is 17.7 Å². The fraction of sp³-hybridized carbons (Fsp3) is 0.450. The van der Waals surface area contributed by atoms with Crippen molar-refractivity contribution in [3.8, 4) is 5.75 Å². The molecule has 8 heteroatoms. The fourth-order valence-corrected chi connectivity index (χ4v) is 3.25. The summed E-state index contributed by atoms with van der Waals surface area (Å²) in [6.07, 6.45) is 3.53. The lowest BCUT2D eigenvalue weighted by Crippen LogP contribution is -2.53. The van der Waals surface area contributed by atoms with E-state index in [0.717, 1.165) is 11.1 Å². The van der Waals surface area contributed by atoms with Crippen LogP contribution in [0.25, 0.3) is 0 Å². The van der Waals surface area contributed by atoms with E-state index in [4.69, 9.17) is 4.74 Å². The van der Waals surface area contributed by atoms with Gasteiger partial charge in [-0.05, 0) is 26.1 Å². The summed E-state index contributed by atoms with van der Waals surface area (Å²) in [6, 6.07) is 7.18. The highest BCUT2D eigenvalue weighted by atomic mass is 16.5. The number of aromatic nitrogens is 2. The minimum absolute atomic E-state index is 0.00138. The minimum atomic E-state index is -0.430. The van der Waals surface area contributed by atoms with Crippen molar-refractivity contribution < 1.29 is 14.3 Å². The molecule has 0 radical (unpaired) electrons. The zero-order chi connectivity index (χ0) is 20.1. The van der Waals surface area contributed by atoms with Gasteiger partial charge in [0.1, 0.15) is 11.8 Å². The van der Waals surface area contributed by atoms with E-state index in [-0.39, 0.29) is 18.4 Å². The summed E-state index contributed by atoms with van der Waals surface area (Å²) in [4.78, 5) is 28.8. The molecule has 1 atom stereocenters. The number of carbonyl (C=O) groups excluding carboxylic acids is 2. The van der Waals surface area contributed by atoms with Gasteiger partial charge in [-0.3, -0.25) is 14.3 Å². The van der Waals surface area contributed by atoms with Crippen LogP contribution in [0.15, 0.2) is 36.7 Å². The molecule has 1 fully saturated rings. The first kappa shape index (κ1) is 19.9. The monoisotopic (exact) mass is 385 g/mol. The first-order valence-corrected chi connectivity index (χ1v) is 9.40. The van der Waals surface area contributed by atoms with Gasteiger partial charge < -0.3 is 19.9 Å². The summed E-state index contributed by atoms with van der Waals surface area (Å²) in [5.74, 6) is 0.615. The first-order chi connectivity index (χ1) is 13.5. The molecule has 1 unspecified atom stereocenters. The molecule has 8 nitrogen and oxygen atoms in total. The van der Waals surface area contributed by atoms with Crippen molar-refractivity contribution >= 4 is 11.8 Å². The third-order valence-corrected chi connectivity index (χ3v) is 4.92. The summed E-state index contributed by atoms with van der Waals surface area (Å²) in [5.41, 5.74) is 1.98. The molecule has 150 valence electrons. The molecule has 0 spiro atoms. The van der Waals surface area contributed by atoms with Crippen molar-refractivity contribution in [2.75, 3.05) is 39.8 Å². The molecule has 1 N–H and O–H groups in total. The van der Waals surface area contributed by atoms with Crippen molar-refractivity contribution in [1.82, 2.24) is 24.9 Å². The highest BCUT2D eigenvalue weighted by molar-refractivity contribution is 5.84. The summed E-state index contributed by atoms with van der Waals surface area (Å²) >= 11 is 0. The second kappa shape index (κ2) is 8.88. The van der Waals surface area contributed by atoms with Crippen molar-refractivity contribution in [2.24, 2.45) is 7.05 Å². The number of ether oxygens (including phenoxy) is 1. The molecule has 1 aromatic heterocycles. The number of hydrogen-bond donors (Lipinski definition) is 1. The number of hydrogen-bond acceptors (Lipinski definition) is 5. The topological polar surface area (TPSA) is 79.7 Å². The predicted molar refractivity (Wildman–Crippen MR) is 105 cm³/mol. The Morgan fingerprint density at radius 1 is 1.14 bits per heavy atom. The Labute approximate surface area is 165 Å². The maximum absolute atomic E-state index is 12.9. The van der Waals surface area contributed by atoms with E-state index in [1.807, 2.05) is 44.4 Å². The van der Waals surface area contributed by atoms with Crippen LogP contribution in [-0.4, -0.2) is 71.2 Å². The summed E-state index contributed by atoms with van der Waals surface area (Å²) < 4.78 is 7.25. The fourth-order valence-electron chi connectivity index (χ4n) is 3.25. The SMILES string of the molecule is CNC(C(=O)N1CCN(C(=O)COc2ccc(C)cc2)CC1)c1cnn(C)c1. The van der Waals surface area contributed by atoms with Gasteiger partial charge in [-0.15, -0.1) is 0 Å². The largest absolute Gasteiger partial charge is 0.484 e. The lowest BCUT2D eigenvalue weighted by atomic mass is 10.1. The molecule has 2 heterocycles. The third-order valence-electron chi connectivity index (χ3n) is 4.92. The van der Waals surface area contributed by atoms with Crippen LogP contribution in [0.4, 0.5) is 0 Å². The van der Waals surface area contributed by atoms with E-state index in [9.17, 15) is 9.59 Å². The number of nitrogens with one attached hydrogen (secondary N) is 1. The standard InChI is InChI=1S/C20H27N5O3/c1-15-4-6-17(7-5-15)28-14-18(26)24-8-10-25(11-9-24)20(27)19(21-2)16-12-22-23(3)13-16/h4-7,12-13,19,21H,8-11,14H2,1-3H3. The van der Waals surface area contributed by atoms with Crippen LogP contribution in [0.2, 0.25) is 0 Å². The Kier molecular flexibility index (Phi) is 6.30. The normalized spacial score (nSPS) is 15.4. The van der Waals surface area contributed by atoms with Gasteiger partial charge in [-0.25, -0.2) is 0 Å². The van der Waals surface area contributed by atoms with E-state index in [2.05, 4.69) is 10.4 Å². The van der Waals surface area contributed by atoms with Gasteiger partial charge in [0, 0.05) is 45.0 Å². The number of likely N-dealkylation sites (N-methyl/N-ethyl adjacent to an activating group) is 1. The average Bonchev–Trinajstić information content (AvgIpc) is 3.14. The van der Waals surface area contributed by atoms with E-state index < -0.39 is 6.04 Å². The Hall–Kier alpha value is -2.87. The van der Waals surface area contributed by atoms with Crippen molar-refractivity contribution in [3.05, 3.63) is 47.8 Å². The number of benzene rings is 1. The molecule has 3 rings (SSSR count). The average molecular weight is 385 g/mol. The Bertz CT molecular complexity index is 810. The molecule has 2 amide bonds. The van der Waals surface area contributed by atoms with E-state index in [1.165, 1.54) is 0 Å². The van der Waals surface area contributed by atoms with E-state index in [0.29, 0.717) is 31.9 Å². The molecule has 1 aliphatic rings. The van der Waals surface area contributed by atoms with Gasteiger partial charge >= 0.3 is 0 Å². The Morgan fingerprint density at radius 3 is 2.36 bits per heavy atom. The summed E-state index contributed by atoms with van der Waals surface area (Å²) in [5, 5.41) is 7.20. The zero-order valence-electron chi connectivity index (χ0n) is 16.6. The van der Waals surface area contributed by atoms with Crippen LogP contribution in [0, 0.1) is 6.92 Å². The first-order valence-electron chi connectivity index (χ1n) is 9.40. The van der Waals surface area contributed by atoms with Gasteiger partial charge in [0.15, 0.2) is 6.61 Å². The number of carbonyl (C=O) groups is 2. The quantitative estimate of drug-likeness (QED) is 0.793. The molecule has 1 saturated heterocycles. The van der Waals surface area contributed by atoms with Crippen LogP contribution in [0.5, 0.6) is 5.75 Å². The number of amides is 2. The molecular weight excluding hydrogens is 358 g/mol. The molecule has 0 bridgehead atoms. The number of aryl methyl sites for hydroxylation is 2. The maximum Gasteiger partial charge on any atom is 0.260 e. The van der Waals surface area contributed by atoms with Crippen LogP contribution < -0.4 is 10.1 Å². The molecule has 1 aliphatic heterocycles. The second-order valence-electron chi connectivity index (χ2n) is 6.98. The lowest BCUT2D eigenvalue weighted by Gasteiger charge is -2.36. The molecular formula is C20H27N5O3. The van der Waals surface area contributed by atoms with E-state index in [1.54, 1.807) is 27.7 Å². The second-order valence-corrected chi connectivity index (χ2v) is 6.98. The van der Waals surface area contributed by atoms with Crippen LogP contribution in [0.3, 0.4) is 0 Å². The van der Waals surface area contributed by atoms with Crippen molar-refractivity contribution in [2.45, 2.75) is 13.0 Å². The molecule has 1 aromatic carbocycles. The number of rotatable bonds is 6. The Morgan fingerprint density at radius 2 is 1.79 bits per heavy atom. The molecule has 0 saturated carbocycles. The highest BCUT2D eigenvalue weighted by Crippen LogP contribution is 2.17. The minimum Gasteiger partial charge on any atom is -0.484 e. The van der Waals surface area contributed by atoms with Crippen LogP contribution in [0.1, 0.15) is 17.2 Å². The lowest BCUT2D eigenvalue weighted by molar-refractivity contribution is -0.141. The summed E-state index contributed by atoms with van der Waals surface area (Å²) in [7, 11) is 3.58. The molecule has 2 aromatic rings. The van der Waals surface area contributed by atoms with Gasteiger partial charge in [0.2, 0.25) is 5.91 Å². The molecule has 28 heavy (non-hydrogen) atoms. The smallest absolute Gasteiger partial charge is 0.260 e. The summed E-state index contributed by atoms with van der Waals surface area (Å²) in [6.45, 7) is 4.03.